The third kappa shape index (κ3) is 1.66. The third-order valence-corrected chi connectivity index (χ3v) is 4.83. The number of rotatable bonds is 1. The molecule has 88 valence electrons. The first-order valence-corrected chi connectivity index (χ1v) is 6.30. The van der Waals surface area contributed by atoms with Crippen LogP contribution in [0.15, 0.2) is 24.3 Å². The summed E-state index contributed by atoms with van der Waals surface area (Å²) >= 11 is 0. The quantitative estimate of drug-likeness (QED) is 0.612. The summed E-state index contributed by atoms with van der Waals surface area (Å²) in [6, 6.07) is 0. The van der Waals surface area contributed by atoms with Gasteiger partial charge in [-0.1, -0.05) is 38.2 Å². The number of hydrogen-bond acceptors (Lipinski definition) is 1. The van der Waals surface area contributed by atoms with E-state index in [4.69, 9.17) is 0 Å². The second kappa shape index (κ2) is 3.87. The summed E-state index contributed by atoms with van der Waals surface area (Å²) in [5, 5.41) is 0. The first-order chi connectivity index (χ1) is 7.45. The maximum atomic E-state index is 12.2. The SMILES string of the molecule is C=C(C)[C@@H]1CC(=O)[C@H]2C=CC[C@H](C)[C@@]2(C)C1. The van der Waals surface area contributed by atoms with Crippen LogP contribution in [0.4, 0.5) is 0 Å². The van der Waals surface area contributed by atoms with Gasteiger partial charge >= 0.3 is 0 Å². The molecule has 0 bridgehead atoms. The van der Waals surface area contributed by atoms with Crippen LogP contribution in [0, 0.1) is 23.2 Å². The van der Waals surface area contributed by atoms with E-state index in [0.29, 0.717) is 24.0 Å². The molecule has 0 aliphatic heterocycles. The predicted octanol–water partition coefficient (Wildman–Crippen LogP) is 3.76. The van der Waals surface area contributed by atoms with Crippen LogP contribution in [-0.2, 0) is 4.79 Å². The van der Waals surface area contributed by atoms with Crippen molar-refractivity contribution in [2.24, 2.45) is 23.2 Å². The zero-order valence-electron chi connectivity index (χ0n) is 10.6. The van der Waals surface area contributed by atoms with Gasteiger partial charge in [-0.3, -0.25) is 4.79 Å². The lowest BCUT2D eigenvalue weighted by atomic mass is 9.55. The van der Waals surface area contributed by atoms with E-state index in [1.54, 1.807) is 0 Å². The maximum Gasteiger partial charge on any atom is 0.140 e. The van der Waals surface area contributed by atoms with E-state index in [1.165, 1.54) is 5.57 Å². The largest absolute Gasteiger partial charge is 0.299 e. The van der Waals surface area contributed by atoms with Crippen molar-refractivity contribution in [2.75, 3.05) is 0 Å². The Kier molecular flexibility index (Phi) is 2.81. The summed E-state index contributed by atoms with van der Waals surface area (Å²) < 4.78 is 0. The van der Waals surface area contributed by atoms with Crippen LogP contribution in [0.2, 0.25) is 0 Å². The number of allylic oxidation sites excluding steroid dienone is 3. The van der Waals surface area contributed by atoms with E-state index in [2.05, 4.69) is 39.5 Å². The summed E-state index contributed by atoms with van der Waals surface area (Å²) in [6.45, 7) is 10.7. The smallest absolute Gasteiger partial charge is 0.140 e. The van der Waals surface area contributed by atoms with Crippen LogP contribution < -0.4 is 0 Å². The molecular weight excluding hydrogens is 196 g/mol. The highest BCUT2D eigenvalue weighted by molar-refractivity contribution is 5.85. The first kappa shape index (κ1) is 11.6. The third-order valence-electron chi connectivity index (χ3n) is 4.83. The van der Waals surface area contributed by atoms with Crippen molar-refractivity contribution in [3.8, 4) is 0 Å². The minimum atomic E-state index is 0.159. The molecule has 1 nitrogen and oxygen atoms in total. The molecular formula is C15H22O. The zero-order valence-corrected chi connectivity index (χ0v) is 10.6. The fourth-order valence-corrected chi connectivity index (χ4v) is 3.34. The molecule has 0 unspecified atom stereocenters. The summed E-state index contributed by atoms with van der Waals surface area (Å²) in [5.74, 6) is 1.59. The van der Waals surface area contributed by atoms with Gasteiger partial charge in [-0.25, -0.2) is 0 Å². The van der Waals surface area contributed by atoms with Gasteiger partial charge in [0.25, 0.3) is 0 Å². The lowest BCUT2D eigenvalue weighted by Crippen LogP contribution is -2.45. The van der Waals surface area contributed by atoms with Gasteiger partial charge in [-0.05, 0) is 37.0 Å². The topological polar surface area (TPSA) is 17.1 Å². The van der Waals surface area contributed by atoms with E-state index in [0.717, 1.165) is 12.8 Å². The van der Waals surface area contributed by atoms with E-state index < -0.39 is 0 Å². The molecule has 2 aliphatic rings. The molecule has 4 atom stereocenters. The average molecular weight is 218 g/mol. The second-order valence-corrected chi connectivity index (χ2v) is 5.97. The maximum absolute atomic E-state index is 12.2. The minimum absolute atomic E-state index is 0.159. The van der Waals surface area contributed by atoms with Crippen LogP contribution >= 0.6 is 0 Å². The van der Waals surface area contributed by atoms with Gasteiger partial charge in [0.15, 0.2) is 0 Å². The van der Waals surface area contributed by atoms with E-state index in [9.17, 15) is 4.79 Å². The van der Waals surface area contributed by atoms with Crippen molar-refractivity contribution in [1.82, 2.24) is 0 Å². The molecule has 1 saturated carbocycles. The fourth-order valence-electron chi connectivity index (χ4n) is 3.34. The Hall–Kier alpha value is -0.850. The van der Waals surface area contributed by atoms with Gasteiger partial charge in [0, 0.05) is 12.3 Å². The summed E-state index contributed by atoms with van der Waals surface area (Å²) in [5.41, 5.74) is 1.34. The van der Waals surface area contributed by atoms with Crippen molar-refractivity contribution in [1.29, 1.82) is 0 Å². The molecule has 1 fully saturated rings. The lowest BCUT2D eigenvalue weighted by Gasteiger charge is -2.48. The Morgan fingerprint density at radius 3 is 2.88 bits per heavy atom. The highest BCUT2D eigenvalue weighted by atomic mass is 16.1. The molecule has 2 aliphatic carbocycles. The average Bonchev–Trinajstić information content (AvgIpc) is 2.20. The van der Waals surface area contributed by atoms with Crippen LogP contribution in [0.5, 0.6) is 0 Å². The molecule has 1 heteroatoms. The second-order valence-electron chi connectivity index (χ2n) is 5.97. The zero-order chi connectivity index (χ0) is 11.9. The molecule has 0 spiro atoms. The van der Waals surface area contributed by atoms with Crippen LogP contribution in [0.1, 0.15) is 40.0 Å². The highest BCUT2D eigenvalue weighted by Crippen LogP contribution is 2.52. The Balaban J connectivity index is 2.33. The van der Waals surface area contributed by atoms with Crippen LogP contribution in [-0.4, -0.2) is 5.78 Å². The van der Waals surface area contributed by atoms with Crippen molar-refractivity contribution in [3.05, 3.63) is 24.3 Å². The summed E-state index contributed by atoms with van der Waals surface area (Å²) in [6.07, 6.45) is 7.28. The van der Waals surface area contributed by atoms with Gasteiger partial charge in [0.05, 0.1) is 0 Å². The predicted molar refractivity (Wildman–Crippen MR) is 67.1 cm³/mol. The number of ketones is 1. The van der Waals surface area contributed by atoms with E-state index >= 15 is 0 Å². The standard InChI is InChI=1S/C15H22O/c1-10(2)12-8-14(16)13-7-5-6-11(3)15(13,4)9-12/h5,7,11-13H,1,6,8-9H2,2-4H3/t11-,12+,13+,15+/m0/s1. The van der Waals surface area contributed by atoms with Crippen molar-refractivity contribution < 1.29 is 4.79 Å². The molecule has 2 rings (SSSR count). The summed E-state index contributed by atoms with van der Waals surface area (Å²) in [7, 11) is 0. The molecule has 16 heavy (non-hydrogen) atoms. The Labute approximate surface area is 98.6 Å². The molecule has 0 amide bonds. The van der Waals surface area contributed by atoms with Gasteiger partial charge in [-0.2, -0.15) is 0 Å². The monoisotopic (exact) mass is 218 g/mol. The molecule has 0 aromatic heterocycles. The van der Waals surface area contributed by atoms with Gasteiger partial charge < -0.3 is 0 Å². The number of carbonyl (C=O) groups excluding carboxylic acids is 1. The first-order valence-electron chi connectivity index (χ1n) is 6.30. The Morgan fingerprint density at radius 2 is 2.25 bits per heavy atom. The molecule has 0 saturated heterocycles. The lowest BCUT2D eigenvalue weighted by molar-refractivity contribution is -0.131. The minimum Gasteiger partial charge on any atom is -0.299 e. The van der Waals surface area contributed by atoms with E-state index in [1.807, 2.05) is 0 Å². The van der Waals surface area contributed by atoms with Crippen molar-refractivity contribution in [2.45, 2.75) is 40.0 Å². The fraction of sp³-hybridized carbons (Fsp3) is 0.667. The molecule has 0 N–H and O–H groups in total. The van der Waals surface area contributed by atoms with Crippen LogP contribution in [0.3, 0.4) is 0 Å². The molecule has 0 aromatic rings. The summed E-state index contributed by atoms with van der Waals surface area (Å²) in [4.78, 5) is 12.2. The molecule has 0 aromatic carbocycles. The van der Waals surface area contributed by atoms with Crippen molar-refractivity contribution >= 4 is 5.78 Å². The number of carbonyl (C=O) groups is 1. The molecule has 0 heterocycles. The van der Waals surface area contributed by atoms with Gasteiger partial charge in [-0.15, -0.1) is 0 Å². The molecule has 0 radical (unpaired) electrons. The Bertz CT molecular complexity index is 352. The number of fused-ring (bicyclic) bond motifs is 1. The van der Waals surface area contributed by atoms with Gasteiger partial charge in [0.2, 0.25) is 0 Å². The Morgan fingerprint density at radius 1 is 1.56 bits per heavy atom. The number of Topliss-reactive ketones (excluding diaryl/α,β-unsaturated/α-hetero) is 1. The number of hydrogen-bond donors (Lipinski definition) is 0. The van der Waals surface area contributed by atoms with E-state index in [-0.39, 0.29) is 11.3 Å². The highest BCUT2D eigenvalue weighted by Gasteiger charge is 2.48. The van der Waals surface area contributed by atoms with Crippen LogP contribution in [0.25, 0.3) is 0 Å². The normalized spacial score (nSPS) is 42.9. The van der Waals surface area contributed by atoms with Gasteiger partial charge in [0.1, 0.15) is 5.78 Å². The van der Waals surface area contributed by atoms with Crippen molar-refractivity contribution in [3.63, 3.8) is 0 Å².